The minimum atomic E-state index is -0.0855. The fourth-order valence-corrected chi connectivity index (χ4v) is 3.76. The van der Waals surface area contributed by atoms with E-state index in [0.29, 0.717) is 11.6 Å². The Labute approximate surface area is 175 Å². The molecule has 6 heteroatoms. The Balaban J connectivity index is 1.42. The molecule has 4 rings (SSSR count). The fraction of sp³-hybridized carbons (Fsp3) is 0.261. The highest BCUT2D eigenvalue weighted by Crippen LogP contribution is 2.25. The summed E-state index contributed by atoms with van der Waals surface area (Å²) in [5.41, 5.74) is 3.87. The number of piperidine rings is 1. The Bertz CT molecular complexity index is 989. The van der Waals surface area contributed by atoms with Gasteiger partial charge in [-0.3, -0.25) is 4.79 Å². The Morgan fingerprint density at radius 1 is 1.10 bits per heavy atom. The molecular formula is C23H23ClN4O. The number of amides is 1. The molecule has 3 aromatic rings. The van der Waals surface area contributed by atoms with Gasteiger partial charge in [0, 0.05) is 29.4 Å². The molecule has 0 spiro atoms. The molecule has 2 aromatic carbocycles. The second-order valence-corrected chi connectivity index (χ2v) is 7.86. The molecule has 0 radical (unpaired) electrons. The normalized spacial score (nSPS) is 16.5. The number of halogens is 1. The first-order valence-corrected chi connectivity index (χ1v) is 10.2. The third-order valence-electron chi connectivity index (χ3n) is 5.19. The molecule has 2 heterocycles. The molecule has 1 atom stereocenters. The van der Waals surface area contributed by atoms with Gasteiger partial charge in [-0.1, -0.05) is 35.4 Å². The Morgan fingerprint density at radius 3 is 2.66 bits per heavy atom. The van der Waals surface area contributed by atoms with Crippen LogP contribution in [0.25, 0.3) is 11.3 Å². The lowest BCUT2D eigenvalue weighted by Gasteiger charge is -2.32. The molecule has 1 aliphatic rings. The van der Waals surface area contributed by atoms with Gasteiger partial charge in [-0.15, -0.1) is 10.2 Å². The van der Waals surface area contributed by atoms with E-state index in [4.69, 9.17) is 11.6 Å². The van der Waals surface area contributed by atoms with E-state index in [0.717, 1.165) is 42.1 Å². The second kappa shape index (κ2) is 8.62. The zero-order valence-corrected chi connectivity index (χ0v) is 17.1. The number of nitrogens with one attached hydrogen (secondary N) is 1. The van der Waals surface area contributed by atoms with Crippen molar-refractivity contribution in [3.8, 4) is 11.3 Å². The van der Waals surface area contributed by atoms with Gasteiger partial charge in [-0.25, -0.2) is 0 Å². The van der Waals surface area contributed by atoms with Crippen molar-refractivity contribution in [3.63, 3.8) is 0 Å². The Kier molecular flexibility index (Phi) is 5.76. The van der Waals surface area contributed by atoms with Gasteiger partial charge in [0.05, 0.1) is 11.6 Å². The third kappa shape index (κ3) is 4.74. The molecule has 0 saturated carbocycles. The molecule has 1 fully saturated rings. The zero-order chi connectivity index (χ0) is 20.2. The Hall–Kier alpha value is -2.92. The van der Waals surface area contributed by atoms with Crippen LogP contribution in [0.3, 0.4) is 0 Å². The van der Waals surface area contributed by atoms with E-state index in [2.05, 4.69) is 39.5 Å². The van der Waals surface area contributed by atoms with Gasteiger partial charge in [-0.05, 0) is 62.2 Å². The van der Waals surface area contributed by atoms with Crippen LogP contribution in [0.1, 0.15) is 18.4 Å². The minimum absolute atomic E-state index is 0.0290. The van der Waals surface area contributed by atoms with Crippen LogP contribution in [-0.4, -0.2) is 29.2 Å². The summed E-state index contributed by atoms with van der Waals surface area (Å²) in [7, 11) is 0. The lowest BCUT2D eigenvalue weighted by molar-refractivity contribution is -0.120. The molecule has 1 amide bonds. The van der Waals surface area contributed by atoms with Crippen molar-refractivity contribution in [1.82, 2.24) is 10.2 Å². The molecule has 1 N–H and O–H groups in total. The highest BCUT2D eigenvalue weighted by atomic mass is 35.5. The molecule has 0 bridgehead atoms. The monoisotopic (exact) mass is 406 g/mol. The van der Waals surface area contributed by atoms with Gasteiger partial charge in [0.2, 0.25) is 5.91 Å². The van der Waals surface area contributed by atoms with Gasteiger partial charge in [-0.2, -0.15) is 0 Å². The maximum absolute atomic E-state index is 12.7. The number of benzene rings is 2. The van der Waals surface area contributed by atoms with Gasteiger partial charge >= 0.3 is 0 Å². The smallest absolute Gasteiger partial charge is 0.229 e. The van der Waals surface area contributed by atoms with Crippen molar-refractivity contribution in [2.45, 2.75) is 19.8 Å². The first-order chi connectivity index (χ1) is 14.1. The topological polar surface area (TPSA) is 58.1 Å². The van der Waals surface area contributed by atoms with E-state index >= 15 is 0 Å². The standard InChI is InChI=1S/C23H23ClN4O/c1-16-4-2-5-17(14-16)21-11-12-22(27-26-21)28-13-3-6-18(15-28)23(29)25-20-9-7-19(24)8-10-20/h2,4-5,7-12,14,18H,3,6,13,15H2,1H3,(H,25,29)/t18-/m1/s1. The van der Waals surface area contributed by atoms with E-state index in [1.54, 1.807) is 12.1 Å². The highest BCUT2D eigenvalue weighted by Gasteiger charge is 2.26. The number of nitrogens with zero attached hydrogens (tertiary/aromatic N) is 3. The number of anilines is 2. The number of rotatable bonds is 4. The molecule has 0 aliphatic carbocycles. The highest BCUT2D eigenvalue weighted by molar-refractivity contribution is 6.30. The maximum Gasteiger partial charge on any atom is 0.229 e. The molecule has 1 aliphatic heterocycles. The van der Waals surface area contributed by atoms with Crippen molar-refractivity contribution in [1.29, 1.82) is 0 Å². The van der Waals surface area contributed by atoms with Crippen molar-refractivity contribution in [2.24, 2.45) is 5.92 Å². The molecule has 29 heavy (non-hydrogen) atoms. The molecule has 0 unspecified atom stereocenters. The summed E-state index contributed by atoms with van der Waals surface area (Å²) in [5, 5.41) is 12.5. The second-order valence-electron chi connectivity index (χ2n) is 7.43. The average molecular weight is 407 g/mol. The van der Waals surface area contributed by atoms with Gasteiger partial charge < -0.3 is 10.2 Å². The number of carbonyl (C=O) groups excluding carboxylic acids is 1. The zero-order valence-electron chi connectivity index (χ0n) is 16.3. The van der Waals surface area contributed by atoms with E-state index in [1.807, 2.05) is 36.4 Å². The molecule has 5 nitrogen and oxygen atoms in total. The average Bonchev–Trinajstić information content (AvgIpc) is 2.75. The van der Waals surface area contributed by atoms with E-state index in [-0.39, 0.29) is 11.8 Å². The SMILES string of the molecule is Cc1cccc(-c2ccc(N3CCC[C@@H](C(=O)Nc4ccc(Cl)cc4)C3)nn2)c1. The van der Waals surface area contributed by atoms with E-state index in [1.165, 1.54) is 5.56 Å². The predicted molar refractivity (Wildman–Crippen MR) is 117 cm³/mol. The first-order valence-electron chi connectivity index (χ1n) is 9.80. The van der Waals surface area contributed by atoms with Crippen LogP contribution in [-0.2, 0) is 4.79 Å². The van der Waals surface area contributed by atoms with Gasteiger partial charge in [0.25, 0.3) is 0 Å². The number of carbonyl (C=O) groups is 1. The number of aromatic nitrogens is 2. The predicted octanol–water partition coefficient (Wildman–Crippen LogP) is 4.96. The largest absolute Gasteiger partial charge is 0.354 e. The van der Waals surface area contributed by atoms with Crippen LogP contribution in [0, 0.1) is 12.8 Å². The molecule has 1 saturated heterocycles. The third-order valence-corrected chi connectivity index (χ3v) is 5.44. The summed E-state index contributed by atoms with van der Waals surface area (Å²) in [6, 6.07) is 19.4. The summed E-state index contributed by atoms with van der Waals surface area (Å²) in [4.78, 5) is 14.8. The van der Waals surface area contributed by atoms with Gasteiger partial charge in [0.1, 0.15) is 0 Å². The van der Waals surface area contributed by atoms with Crippen molar-refractivity contribution >= 4 is 29.0 Å². The summed E-state index contributed by atoms with van der Waals surface area (Å²) in [5.74, 6) is 0.754. The lowest BCUT2D eigenvalue weighted by atomic mass is 9.97. The molecule has 148 valence electrons. The summed E-state index contributed by atoms with van der Waals surface area (Å²) in [6.45, 7) is 3.58. The van der Waals surface area contributed by atoms with E-state index < -0.39 is 0 Å². The van der Waals surface area contributed by atoms with Crippen molar-refractivity contribution in [2.75, 3.05) is 23.3 Å². The molecule has 1 aromatic heterocycles. The summed E-state index contributed by atoms with van der Waals surface area (Å²) in [6.07, 6.45) is 1.81. The fourth-order valence-electron chi connectivity index (χ4n) is 3.63. The van der Waals surface area contributed by atoms with Crippen LogP contribution >= 0.6 is 11.6 Å². The lowest BCUT2D eigenvalue weighted by Crippen LogP contribution is -2.41. The minimum Gasteiger partial charge on any atom is -0.354 e. The number of hydrogen-bond donors (Lipinski definition) is 1. The van der Waals surface area contributed by atoms with Crippen LogP contribution in [0.4, 0.5) is 11.5 Å². The summed E-state index contributed by atoms with van der Waals surface area (Å²) < 4.78 is 0. The summed E-state index contributed by atoms with van der Waals surface area (Å²) >= 11 is 5.91. The Morgan fingerprint density at radius 2 is 1.93 bits per heavy atom. The number of hydrogen-bond acceptors (Lipinski definition) is 4. The van der Waals surface area contributed by atoms with Crippen LogP contribution in [0.5, 0.6) is 0 Å². The number of aryl methyl sites for hydroxylation is 1. The molecular weight excluding hydrogens is 384 g/mol. The van der Waals surface area contributed by atoms with Crippen LogP contribution in [0.15, 0.2) is 60.7 Å². The first kappa shape index (κ1) is 19.4. The van der Waals surface area contributed by atoms with Crippen LogP contribution < -0.4 is 10.2 Å². The van der Waals surface area contributed by atoms with Crippen LogP contribution in [0.2, 0.25) is 5.02 Å². The quantitative estimate of drug-likeness (QED) is 0.665. The van der Waals surface area contributed by atoms with Crippen molar-refractivity contribution in [3.05, 3.63) is 71.2 Å². The van der Waals surface area contributed by atoms with E-state index in [9.17, 15) is 4.79 Å². The van der Waals surface area contributed by atoms with Gasteiger partial charge in [0.15, 0.2) is 5.82 Å². The maximum atomic E-state index is 12.7. The van der Waals surface area contributed by atoms with Crippen molar-refractivity contribution < 1.29 is 4.79 Å².